The minimum atomic E-state index is -0.267. The molecule has 0 heterocycles. The Balaban J connectivity index is 2.35. The van der Waals surface area contributed by atoms with E-state index in [-0.39, 0.29) is 39.1 Å². The molecular formula is C16H21Cl2NO3. The van der Waals surface area contributed by atoms with Crippen LogP contribution in [0.3, 0.4) is 0 Å². The first-order valence-electron chi connectivity index (χ1n) is 7.40. The van der Waals surface area contributed by atoms with Gasteiger partial charge in [0.1, 0.15) is 5.56 Å². The molecule has 1 aliphatic rings. The Morgan fingerprint density at radius 1 is 1.14 bits per heavy atom. The lowest BCUT2D eigenvalue weighted by Gasteiger charge is -2.30. The van der Waals surface area contributed by atoms with Crippen molar-refractivity contribution in [1.29, 1.82) is 0 Å². The normalized spacial score (nSPS) is 21.3. The van der Waals surface area contributed by atoms with Crippen molar-refractivity contribution in [2.75, 3.05) is 14.2 Å². The third kappa shape index (κ3) is 3.44. The summed E-state index contributed by atoms with van der Waals surface area (Å²) in [5.41, 5.74) is 0.250. The van der Waals surface area contributed by atoms with Crippen LogP contribution in [0.25, 0.3) is 0 Å². The largest absolute Gasteiger partial charge is 0.494 e. The zero-order valence-corrected chi connectivity index (χ0v) is 14.6. The summed E-state index contributed by atoms with van der Waals surface area (Å²) in [7, 11) is 2.93. The van der Waals surface area contributed by atoms with Crippen LogP contribution in [0, 0.1) is 5.92 Å². The first-order valence-corrected chi connectivity index (χ1v) is 8.16. The van der Waals surface area contributed by atoms with Gasteiger partial charge in [-0.05, 0) is 24.8 Å². The number of benzene rings is 1. The molecule has 122 valence electrons. The number of methoxy groups -OCH3 is 2. The Kier molecular flexibility index (Phi) is 5.81. The van der Waals surface area contributed by atoms with E-state index in [4.69, 9.17) is 32.7 Å². The molecule has 1 saturated carbocycles. The van der Waals surface area contributed by atoms with Crippen molar-refractivity contribution >= 4 is 29.1 Å². The van der Waals surface area contributed by atoms with Crippen LogP contribution < -0.4 is 14.8 Å². The van der Waals surface area contributed by atoms with E-state index in [1.165, 1.54) is 26.7 Å². The van der Waals surface area contributed by atoms with E-state index in [1.807, 2.05) is 0 Å². The van der Waals surface area contributed by atoms with Crippen molar-refractivity contribution in [3.8, 4) is 11.5 Å². The number of nitrogens with one attached hydrogen (secondary N) is 1. The number of ether oxygens (including phenoxy) is 2. The predicted molar refractivity (Wildman–Crippen MR) is 88.5 cm³/mol. The number of carbonyl (C=O) groups excluding carboxylic acids is 1. The Bertz CT molecular complexity index is 535. The van der Waals surface area contributed by atoms with Crippen molar-refractivity contribution in [2.24, 2.45) is 5.92 Å². The molecular weight excluding hydrogens is 325 g/mol. The van der Waals surface area contributed by atoms with Crippen molar-refractivity contribution in [1.82, 2.24) is 5.32 Å². The van der Waals surface area contributed by atoms with Crippen LogP contribution in [0.4, 0.5) is 0 Å². The molecule has 22 heavy (non-hydrogen) atoms. The summed E-state index contributed by atoms with van der Waals surface area (Å²) < 4.78 is 10.6. The molecule has 4 nitrogen and oxygen atoms in total. The second-order valence-corrected chi connectivity index (χ2v) is 6.44. The Morgan fingerprint density at radius 3 is 2.18 bits per heavy atom. The fourth-order valence-corrected chi connectivity index (χ4v) is 3.58. The van der Waals surface area contributed by atoms with E-state index in [1.54, 1.807) is 0 Å². The summed E-state index contributed by atoms with van der Waals surface area (Å²) in [5, 5.41) is 3.65. The average molecular weight is 346 g/mol. The van der Waals surface area contributed by atoms with Gasteiger partial charge in [0.2, 0.25) is 0 Å². The van der Waals surface area contributed by atoms with Gasteiger partial charge in [0.25, 0.3) is 5.91 Å². The van der Waals surface area contributed by atoms with E-state index in [0.29, 0.717) is 5.92 Å². The fraction of sp³-hybridized carbons (Fsp3) is 0.562. The summed E-state index contributed by atoms with van der Waals surface area (Å²) in [6.07, 6.45) is 4.43. The summed E-state index contributed by atoms with van der Waals surface area (Å²) in [6, 6.07) is 1.66. The topological polar surface area (TPSA) is 47.6 Å². The number of amides is 1. The zero-order chi connectivity index (χ0) is 16.3. The van der Waals surface area contributed by atoms with Crippen LogP contribution >= 0.6 is 23.2 Å². The third-order valence-corrected chi connectivity index (χ3v) is 4.77. The fourth-order valence-electron chi connectivity index (χ4n) is 2.96. The smallest absolute Gasteiger partial charge is 0.259 e. The summed E-state index contributed by atoms with van der Waals surface area (Å²) in [4.78, 5) is 12.7. The van der Waals surface area contributed by atoms with Crippen LogP contribution in [0.2, 0.25) is 10.0 Å². The summed E-state index contributed by atoms with van der Waals surface area (Å²) >= 11 is 12.3. The third-order valence-electron chi connectivity index (χ3n) is 4.20. The summed E-state index contributed by atoms with van der Waals surface area (Å²) in [6.45, 7) is 2.16. The molecule has 2 atom stereocenters. The van der Waals surface area contributed by atoms with Crippen molar-refractivity contribution in [3.05, 3.63) is 21.7 Å². The molecule has 6 heteroatoms. The maximum Gasteiger partial charge on any atom is 0.259 e. The maximum absolute atomic E-state index is 12.7. The van der Waals surface area contributed by atoms with E-state index in [9.17, 15) is 4.79 Å². The van der Waals surface area contributed by atoms with E-state index < -0.39 is 0 Å². The van der Waals surface area contributed by atoms with Gasteiger partial charge in [0, 0.05) is 6.04 Å². The number of hydrogen-bond acceptors (Lipinski definition) is 3. The lowest BCUT2D eigenvalue weighted by Crippen LogP contribution is -2.41. The molecule has 0 aliphatic heterocycles. The molecule has 1 fully saturated rings. The highest BCUT2D eigenvalue weighted by atomic mass is 35.5. The average Bonchev–Trinajstić information content (AvgIpc) is 2.49. The van der Waals surface area contributed by atoms with Gasteiger partial charge in [-0.2, -0.15) is 0 Å². The minimum Gasteiger partial charge on any atom is -0.494 e. The molecule has 0 saturated heterocycles. The standard InChI is InChI=1S/C16H21Cl2NO3/c1-9-6-4-5-7-12(9)19-16(20)13-14(21-2)10(17)8-11(18)15(13)22-3/h8-9,12H,4-7H2,1-3H3,(H,19,20). The highest BCUT2D eigenvalue weighted by molar-refractivity contribution is 6.37. The van der Waals surface area contributed by atoms with Crippen LogP contribution in [-0.4, -0.2) is 26.2 Å². The van der Waals surface area contributed by atoms with Crippen LogP contribution in [0.15, 0.2) is 6.07 Å². The predicted octanol–water partition coefficient (Wildman–Crippen LogP) is 4.32. The van der Waals surface area contributed by atoms with Crippen LogP contribution in [0.5, 0.6) is 11.5 Å². The molecule has 1 aromatic rings. The SMILES string of the molecule is COc1c(Cl)cc(Cl)c(OC)c1C(=O)NC1CCCCC1C. The molecule has 1 aliphatic carbocycles. The number of halogens is 2. The molecule has 1 N–H and O–H groups in total. The van der Waals surface area contributed by atoms with Gasteiger partial charge in [0.15, 0.2) is 11.5 Å². The molecule has 0 aromatic heterocycles. The van der Waals surface area contributed by atoms with Crippen LogP contribution in [0.1, 0.15) is 43.0 Å². The number of rotatable bonds is 4. The molecule has 2 rings (SSSR count). The molecule has 0 radical (unpaired) electrons. The quantitative estimate of drug-likeness (QED) is 0.883. The molecule has 0 spiro atoms. The van der Waals surface area contributed by atoms with Crippen LogP contribution in [-0.2, 0) is 0 Å². The molecule has 0 bridgehead atoms. The second kappa shape index (κ2) is 7.42. The van der Waals surface area contributed by atoms with E-state index in [0.717, 1.165) is 19.3 Å². The van der Waals surface area contributed by atoms with E-state index >= 15 is 0 Å². The van der Waals surface area contributed by atoms with Crippen molar-refractivity contribution in [3.63, 3.8) is 0 Å². The minimum absolute atomic E-state index is 0.147. The number of carbonyl (C=O) groups is 1. The van der Waals surface area contributed by atoms with Gasteiger partial charge >= 0.3 is 0 Å². The summed E-state index contributed by atoms with van der Waals surface area (Å²) in [5.74, 6) is 0.744. The lowest BCUT2D eigenvalue weighted by molar-refractivity contribution is 0.0904. The highest BCUT2D eigenvalue weighted by Gasteiger charge is 2.28. The zero-order valence-electron chi connectivity index (χ0n) is 13.0. The lowest BCUT2D eigenvalue weighted by atomic mass is 9.86. The first-order chi connectivity index (χ1) is 10.5. The van der Waals surface area contributed by atoms with E-state index in [2.05, 4.69) is 12.2 Å². The molecule has 1 amide bonds. The molecule has 2 unspecified atom stereocenters. The number of hydrogen-bond donors (Lipinski definition) is 1. The highest BCUT2D eigenvalue weighted by Crippen LogP contribution is 2.41. The van der Waals surface area contributed by atoms with Gasteiger partial charge in [-0.1, -0.05) is 43.0 Å². The van der Waals surface area contributed by atoms with Gasteiger partial charge in [-0.25, -0.2) is 0 Å². The monoisotopic (exact) mass is 345 g/mol. The second-order valence-electron chi connectivity index (χ2n) is 5.62. The van der Waals surface area contributed by atoms with Crippen molar-refractivity contribution < 1.29 is 14.3 Å². The maximum atomic E-state index is 12.7. The van der Waals surface area contributed by atoms with Gasteiger partial charge < -0.3 is 14.8 Å². The van der Waals surface area contributed by atoms with Gasteiger partial charge in [-0.3, -0.25) is 4.79 Å². The van der Waals surface area contributed by atoms with Gasteiger partial charge in [-0.15, -0.1) is 0 Å². The first kappa shape index (κ1) is 17.2. The Hall–Kier alpha value is -1.13. The van der Waals surface area contributed by atoms with Gasteiger partial charge in [0.05, 0.1) is 24.3 Å². The molecule has 1 aromatic carbocycles. The Labute approximate surface area is 141 Å². The Morgan fingerprint density at radius 2 is 1.68 bits per heavy atom. The van der Waals surface area contributed by atoms with Crippen molar-refractivity contribution in [2.45, 2.75) is 38.6 Å².